The minimum absolute atomic E-state index is 0.0751. The van der Waals surface area contributed by atoms with Gasteiger partial charge in [0.2, 0.25) is 10.0 Å². The summed E-state index contributed by atoms with van der Waals surface area (Å²) in [7, 11) is -5.56. The third-order valence-electron chi connectivity index (χ3n) is 11.1. The highest BCUT2D eigenvalue weighted by molar-refractivity contribution is 7.92. The molecule has 310 valence electrons. The summed E-state index contributed by atoms with van der Waals surface area (Å²) >= 11 is 0. The third-order valence-corrected chi connectivity index (χ3v) is 16.3. The van der Waals surface area contributed by atoms with Gasteiger partial charge in [-0.25, -0.2) is 13.2 Å². The molecule has 2 amide bonds. The van der Waals surface area contributed by atoms with Gasteiger partial charge in [-0.2, -0.15) is 0 Å². The van der Waals surface area contributed by atoms with Gasteiger partial charge in [-0.3, -0.25) is 4.72 Å². The predicted molar refractivity (Wildman–Crippen MR) is 235 cm³/mol. The van der Waals surface area contributed by atoms with Crippen LogP contribution in [0, 0.1) is 0 Å². The van der Waals surface area contributed by atoms with E-state index in [-0.39, 0.29) is 12.1 Å². The molecule has 1 atom stereocenters. The number of urea groups is 1. The van der Waals surface area contributed by atoms with Gasteiger partial charge in [-0.1, -0.05) is 108 Å². The second-order valence-electron chi connectivity index (χ2n) is 15.3. The first-order chi connectivity index (χ1) is 27.1. The van der Waals surface area contributed by atoms with Crippen molar-refractivity contribution >= 4 is 35.7 Å². The molecule has 0 spiro atoms. The van der Waals surface area contributed by atoms with E-state index < -0.39 is 18.3 Å². The zero-order valence-corrected chi connectivity index (χ0v) is 36.5. The average molecular weight is 808 g/mol. The molecule has 0 unspecified atom stereocenters. The monoisotopic (exact) mass is 807 g/mol. The smallest absolute Gasteiger partial charge is 0.317 e. The van der Waals surface area contributed by atoms with Crippen molar-refractivity contribution in [2.45, 2.75) is 122 Å². The maximum atomic E-state index is 12.6. The number of rotatable bonds is 25. The van der Waals surface area contributed by atoms with Crippen LogP contribution in [0.3, 0.4) is 0 Å². The summed E-state index contributed by atoms with van der Waals surface area (Å²) in [6.07, 6.45) is 11.0. The van der Waals surface area contributed by atoms with E-state index in [1.54, 1.807) is 0 Å². The van der Waals surface area contributed by atoms with Gasteiger partial charge in [0, 0.05) is 37.9 Å². The van der Waals surface area contributed by atoms with Gasteiger partial charge in [-0.15, -0.1) is 0 Å². The summed E-state index contributed by atoms with van der Waals surface area (Å²) < 4.78 is 40.7. The number of anilines is 2. The molecular formula is C44H69N5O5SSi. The first-order valence-corrected chi connectivity index (χ1v) is 25.5. The molecule has 0 bridgehead atoms. The number of amides is 2. The first kappa shape index (κ1) is 45.1. The fraction of sp³-hybridized carbons (Fsp3) is 0.568. The quantitative estimate of drug-likeness (QED) is 0.0497. The zero-order valence-electron chi connectivity index (χ0n) is 34.7. The van der Waals surface area contributed by atoms with Gasteiger partial charge in [0.25, 0.3) is 0 Å². The van der Waals surface area contributed by atoms with Gasteiger partial charge < -0.3 is 30.0 Å². The Morgan fingerprint density at radius 1 is 0.839 bits per heavy atom. The highest BCUT2D eigenvalue weighted by Gasteiger charge is 2.33. The highest BCUT2D eigenvalue weighted by Crippen LogP contribution is 2.34. The maximum absolute atomic E-state index is 12.6. The van der Waals surface area contributed by atoms with E-state index in [1.807, 2.05) is 53.4 Å². The fourth-order valence-electron chi connectivity index (χ4n) is 7.33. The van der Waals surface area contributed by atoms with Crippen LogP contribution in [0.1, 0.15) is 102 Å². The van der Waals surface area contributed by atoms with Crippen molar-refractivity contribution in [3.05, 3.63) is 89.5 Å². The van der Waals surface area contributed by atoms with Gasteiger partial charge in [0.05, 0.1) is 18.0 Å². The molecule has 1 fully saturated rings. The molecule has 56 heavy (non-hydrogen) atoms. The van der Waals surface area contributed by atoms with Crippen LogP contribution in [0.5, 0.6) is 5.75 Å². The topological polar surface area (TPSA) is 121 Å². The predicted octanol–water partition coefficient (Wildman–Crippen LogP) is 9.48. The number of benzene rings is 3. The van der Waals surface area contributed by atoms with Crippen molar-refractivity contribution in [3.63, 3.8) is 0 Å². The Hall–Kier alpha value is -3.58. The number of unbranched alkanes of at least 4 members (excludes halogenated alkanes) is 5. The highest BCUT2D eigenvalue weighted by atomic mass is 32.2. The molecule has 4 rings (SSSR count). The molecule has 0 aliphatic carbocycles. The molecule has 3 aromatic rings. The van der Waals surface area contributed by atoms with Crippen molar-refractivity contribution in [3.8, 4) is 5.75 Å². The summed E-state index contributed by atoms with van der Waals surface area (Å²) in [6, 6.07) is 27.7. The second-order valence-corrected chi connectivity index (χ2v) is 21.8. The van der Waals surface area contributed by atoms with E-state index >= 15 is 0 Å². The summed E-state index contributed by atoms with van der Waals surface area (Å²) in [5.74, 6) is 0.476. The standard InChI is InChI=1S/C44H69N5O5SSi/c1-6-10-11-12-13-17-29-46-44(50)49-31-27-40(28-32-49)47-39-23-20-36(21-24-39)26-30-45-34-43(54-56(7-2,8-3)9-4)38-22-25-42(41(33-38)48-55(5,51)52)53-35-37-18-15-14-16-19-37/h14-16,18-25,33,40,43,45,47-48H,6-13,17,26-32,34-35H2,1-5H3,(H,46,50)/t43-/m0/s1. The zero-order chi connectivity index (χ0) is 40.2. The molecule has 1 saturated heterocycles. The Bertz CT molecular complexity index is 1680. The Kier molecular flexibility index (Phi) is 19.0. The number of likely N-dealkylation sites (tertiary alicyclic amines) is 1. The maximum Gasteiger partial charge on any atom is 0.317 e. The van der Waals surface area contributed by atoms with Crippen LogP contribution in [0.15, 0.2) is 72.8 Å². The molecule has 1 aliphatic rings. The summed E-state index contributed by atoms with van der Waals surface area (Å²) in [5, 5.41) is 10.4. The number of carbonyl (C=O) groups is 1. The van der Waals surface area contributed by atoms with Crippen LogP contribution in [0.4, 0.5) is 16.2 Å². The molecule has 0 saturated carbocycles. The van der Waals surface area contributed by atoms with Crippen LogP contribution < -0.4 is 25.4 Å². The molecule has 10 nitrogen and oxygen atoms in total. The van der Waals surface area contributed by atoms with Crippen molar-refractivity contribution in [2.75, 3.05) is 49.0 Å². The Balaban J connectivity index is 1.29. The average Bonchev–Trinajstić information content (AvgIpc) is 3.20. The minimum Gasteiger partial charge on any atom is -0.487 e. The van der Waals surface area contributed by atoms with E-state index in [0.717, 1.165) is 93.1 Å². The largest absolute Gasteiger partial charge is 0.487 e. The van der Waals surface area contributed by atoms with Crippen molar-refractivity contribution in [1.82, 2.24) is 15.5 Å². The van der Waals surface area contributed by atoms with E-state index in [1.165, 1.54) is 37.7 Å². The molecule has 1 heterocycles. The van der Waals surface area contributed by atoms with Gasteiger partial charge >= 0.3 is 6.03 Å². The van der Waals surface area contributed by atoms with Crippen molar-refractivity contribution < 1.29 is 22.4 Å². The van der Waals surface area contributed by atoms with Gasteiger partial charge in [-0.05, 0) is 91.3 Å². The van der Waals surface area contributed by atoms with E-state index in [4.69, 9.17) is 9.16 Å². The van der Waals surface area contributed by atoms with Crippen LogP contribution in [0.25, 0.3) is 0 Å². The van der Waals surface area contributed by atoms with Crippen molar-refractivity contribution in [1.29, 1.82) is 0 Å². The van der Waals surface area contributed by atoms with Crippen LogP contribution in [0.2, 0.25) is 18.1 Å². The number of sulfonamides is 1. The van der Waals surface area contributed by atoms with Crippen LogP contribution >= 0.6 is 0 Å². The SMILES string of the molecule is CCCCCCCCNC(=O)N1CCC(Nc2ccc(CCNC[C@H](O[Si](CC)(CC)CC)c3ccc(OCc4ccccc4)c(NS(C)(=O)=O)c3)cc2)CC1. The lowest BCUT2D eigenvalue weighted by Crippen LogP contribution is -2.47. The molecule has 4 N–H and O–H groups in total. The lowest BCUT2D eigenvalue weighted by Gasteiger charge is -2.34. The van der Waals surface area contributed by atoms with Gasteiger partial charge in [0.1, 0.15) is 12.4 Å². The number of nitrogens with one attached hydrogen (secondary N) is 4. The number of carbonyl (C=O) groups excluding carboxylic acids is 1. The Labute approximate surface area is 339 Å². The molecule has 0 aromatic heterocycles. The summed E-state index contributed by atoms with van der Waals surface area (Å²) in [5.41, 5.74) is 4.68. The van der Waals surface area contributed by atoms with Gasteiger partial charge in [0.15, 0.2) is 8.32 Å². The Morgan fingerprint density at radius 3 is 2.18 bits per heavy atom. The minimum atomic E-state index is -3.55. The molecule has 0 radical (unpaired) electrons. The Morgan fingerprint density at radius 2 is 1.52 bits per heavy atom. The van der Waals surface area contributed by atoms with E-state index in [2.05, 4.69) is 72.6 Å². The molecule has 12 heteroatoms. The van der Waals surface area contributed by atoms with Crippen LogP contribution in [-0.2, 0) is 27.5 Å². The number of ether oxygens (including phenoxy) is 1. The van der Waals surface area contributed by atoms with E-state index in [9.17, 15) is 13.2 Å². The lowest BCUT2D eigenvalue weighted by molar-refractivity contribution is 0.183. The number of hydrogen-bond donors (Lipinski definition) is 4. The fourth-order valence-corrected chi connectivity index (χ4v) is 10.7. The molecular weight excluding hydrogens is 739 g/mol. The molecule has 3 aromatic carbocycles. The summed E-state index contributed by atoms with van der Waals surface area (Å²) in [6.45, 7) is 12.9. The van der Waals surface area contributed by atoms with Crippen molar-refractivity contribution in [2.24, 2.45) is 0 Å². The second kappa shape index (κ2) is 23.6. The first-order valence-electron chi connectivity index (χ1n) is 21.1. The number of hydrogen-bond acceptors (Lipinski definition) is 7. The number of nitrogens with zero attached hydrogens (tertiary/aromatic N) is 1. The lowest BCUT2D eigenvalue weighted by atomic mass is 10.0. The third kappa shape index (κ3) is 15.4. The van der Waals surface area contributed by atoms with E-state index in [0.29, 0.717) is 30.6 Å². The molecule has 1 aliphatic heterocycles. The normalized spacial score (nSPS) is 14.3. The number of piperidine rings is 1. The van der Waals surface area contributed by atoms with Crippen LogP contribution in [-0.4, -0.2) is 72.7 Å². The summed E-state index contributed by atoms with van der Waals surface area (Å²) in [4.78, 5) is 14.6.